The topological polar surface area (TPSA) is 3.24 Å². The molecule has 0 aliphatic carbocycles. The molecule has 3 rings (SSSR count). The third kappa shape index (κ3) is 3.36. The molecule has 1 aliphatic heterocycles. The molecular weight excluding hydrogens is 254 g/mol. The molecule has 0 spiro atoms. The zero-order valence-corrected chi connectivity index (χ0v) is 12.9. The highest BCUT2D eigenvalue weighted by molar-refractivity contribution is 5.34. The maximum atomic E-state index is 2.67. The minimum absolute atomic E-state index is 0.463. The Morgan fingerprint density at radius 2 is 1.19 bits per heavy atom. The quantitative estimate of drug-likeness (QED) is 0.784. The van der Waals surface area contributed by atoms with Crippen LogP contribution in [-0.4, -0.2) is 24.0 Å². The molecule has 0 N–H and O–H groups in total. The number of nitrogens with zero attached hydrogens (tertiary/aromatic N) is 1. The maximum absolute atomic E-state index is 2.67. The molecule has 2 aromatic carbocycles. The summed E-state index contributed by atoms with van der Waals surface area (Å²) in [5.41, 5.74) is 2.86. The first-order valence-corrected chi connectivity index (χ1v) is 8.20. The van der Waals surface area contributed by atoms with Crippen LogP contribution in [0.15, 0.2) is 60.7 Å². The Morgan fingerprint density at radius 3 is 1.67 bits per heavy atom. The average molecular weight is 279 g/mol. The van der Waals surface area contributed by atoms with Gasteiger partial charge in [-0.25, -0.2) is 0 Å². The van der Waals surface area contributed by atoms with Gasteiger partial charge in [0.25, 0.3) is 0 Å². The third-order valence-corrected chi connectivity index (χ3v) is 4.77. The van der Waals surface area contributed by atoms with Gasteiger partial charge < -0.3 is 0 Å². The van der Waals surface area contributed by atoms with Crippen LogP contribution in [0.1, 0.15) is 43.2 Å². The van der Waals surface area contributed by atoms with Crippen LogP contribution < -0.4 is 0 Å². The number of hydrogen-bond donors (Lipinski definition) is 0. The fraction of sp³-hybridized carbons (Fsp3) is 0.400. The van der Waals surface area contributed by atoms with Crippen molar-refractivity contribution in [2.75, 3.05) is 13.1 Å². The molecule has 1 atom stereocenters. The van der Waals surface area contributed by atoms with Crippen LogP contribution >= 0.6 is 0 Å². The highest BCUT2D eigenvalue weighted by Gasteiger charge is 2.27. The van der Waals surface area contributed by atoms with E-state index in [9.17, 15) is 0 Å². The van der Waals surface area contributed by atoms with E-state index in [1.165, 1.54) is 43.5 Å². The van der Waals surface area contributed by atoms with Gasteiger partial charge in [-0.3, -0.25) is 4.90 Å². The Balaban J connectivity index is 1.92. The number of piperidine rings is 1. The van der Waals surface area contributed by atoms with Crippen molar-refractivity contribution in [2.45, 2.75) is 38.1 Å². The Bertz CT molecular complexity index is 489. The summed E-state index contributed by atoms with van der Waals surface area (Å²) in [6.45, 7) is 4.89. The molecule has 0 radical (unpaired) electrons. The van der Waals surface area contributed by atoms with Gasteiger partial charge in [-0.2, -0.15) is 0 Å². The van der Waals surface area contributed by atoms with E-state index >= 15 is 0 Å². The minimum Gasteiger partial charge on any atom is -0.300 e. The van der Waals surface area contributed by atoms with E-state index in [0.717, 1.165) is 0 Å². The van der Waals surface area contributed by atoms with Crippen molar-refractivity contribution in [3.8, 4) is 0 Å². The minimum atomic E-state index is 0.463. The van der Waals surface area contributed by atoms with Gasteiger partial charge in [0.2, 0.25) is 0 Å². The smallest absolute Gasteiger partial charge is 0.0243 e. The van der Waals surface area contributed by atoms with Crippen LogP contribution in [0.2, 0.25) is 0 Å². The summed E-state index contributed by atoms with van der Waals surface area (Å²) >= 11 is 0. The normalized spacial score (nSPS) is 17.8. The van der Waals surface area contributed by atoms with E-state index in [1.54, 1.807) is 0 Å². The van der Waals surface area contributed by atoms with Gasteiger partial charge in [-0.15, -0.1) is 0 Å². The molecule has 0 saturated carbocycles. The predicted octanol–water partition coefficient (Wildman–Crippen LogP) is 4.69. The lowest BCUT2D eigenvalue weighted by atomic mass is 9.84. The molecule has 110 valence electrons. The fourth-order valence-electron chi connectivity index (χ4n) is 3.61. The first-order valence-electron chi connectivity index (χ1n) is 8.20. The molecule has 0 bridgehead atoms. The lowest BCUT2D eigenvalue weighted by Gasteiger charge is -2.37. The molecule has 0 amide bonds. The van der Waals surface area contributed by atoms with Gasteiger partial charge in [0.15, 0.2) is 0 Å². The molecule has 1 heterocycles. The van der Waals surface area contributed by atoms with Gasteiger partial charge in [0.05, 0.1) is 0 Å². The molecule has 1 heteroatoms. The van der Waals surface area contributed by atoms with Crippen molar-refractivity contribution in [1.82, 2.24) is 4.90 Å². The number of benzene rings is 2. The van der Waals surface area contributed by atoms with Crippen LogP contribution in [0, 0.1) is 0 Å². The highest BCUT2D eigenvalue weighted by atomic mass is 15.2. The van der Waals surface area contributed by atoms with E-state index in [-0.39, 0.29) is 0 Å². The number of rotatable bonds is 4. The van der Waals surface area contributed by atoms with Crippen molar-refractivity contribution in [3.63, 3.8) is 0 Å². The predicted molar refractivity (Wildman–Crippen MR) is 89.6 cm³/mol. The molecule has 2 aromatic rings. The van der Waals surface area contributed by atoms with Gasteiger partial charge in [-0.1, -0.05) is 67.1 Å². The van der Waals surface area contributed by atoms with Crippen LogP contribution in [0.25, 0.3) is 0 Å². The number of likely N-dealkylation sites (tertiary alicyclic amines) is 1. The van der Waals surface area contributed by atoms with Gasteiger partial charge >= 0.3 is 0 Å². The largest absolute Gasteiger partial charge is 0.300 e. The fourth-order valence-corrected chi connectivity index (χ4v) is 3.61. The Hall–Kier alpha value is -1.60. The van der Waals surface area contributed by atoms with Crippen LogP contribution in [-0.2, 0) is 0 Å². The van der Waals surface area contributed by atoms with E-state index in [1.807, 2.05) is 0 Å². The summed E-state index contributed by atoms with van der Waals surface area (Å²) < 4.78 is 0. The van der Waals surface area contributed by atoms with Crippen LogP contribution in [0.3, 0.4) is 0 Å². The lowest BCUT2D eigenvalue weighted by molar-refractivity contribution is 0.161. The van der Waals surface area contributed by atoms with Crippen molar-refractivity contribution in [3.05, 3.63) is 71.8 Å². The summed E-state index contributed by atoms with van der Waals surface area (Å²) in [6.07, 6.45) is 4.09. The van der Waals surface area contributed by atoms with E-state index in [0.29, 0.717) is 12.0 Å². The van der Waals surface area contributed by atoms with Crippen molar-refractivity contribution >= 4 is 0 Å². The molecular formula is C20H25N. The molecule has 1 saturated heterocycles. The molecule has 1 fully saturated rings. The van der Waals surface area contributed by atoms with Crippen LogP contribution in [0.5, 0.6) is 0 Å². The average Bonchev–Trinajstić information content (AvgIpc) is 2.58. The van der Waals surface area contributed by atoms with Crippen molar-refractivity contribution < 1.29 is 0 Å². The second kappa shape index (κ2) is 6.91. The first kappa shape index (κ1) is 14.3. The summed E-state index contributed by atoms with van der Waals surface area (Å²) in [6, 6.07) is 22.5. The van der Waals surface area contributed by atoms with Crippen molar-refractivity contribution in [1.29, 1.82) is 0 Å². The Morgan fingerprint density at radius 1 is 0.714 bits per heavy atom. The van der Waals surface area contributed by atoms with Crippen molar-refractivity contribution in [2.24, 2.45) is 0 Å². The lowest BCUT2D eigenvalue weighted by Crippen LogP contribution is -2.41. The van der Waals surface area contributed by atoms with E-state index < -0.39 is 0 Å². The van der Waals surface area contributed by atoms with Gasteiger partial charge in [0, 0.05) is 12.0 Å². The Labute approximate surface area is 128 Å². The van der Waals surface area contributed by atoms with E-state index in [2.05, 4.69) is 72.5 Å². The summed E-state index contributed by atoms with van der Waals surface area (Å²) in [5, 5.41) is 0. The second-order valence-electron chi connectivity index (χ2n) is 6.14. The highest BCUT2D eigenvalue weighted by Crippen LogP contribution is 2.31. The zero-order valence-electron chi connectivity index (χ0n) is 12.9. The standard InChI is InChI=1S/C20H25N/c1-17(21-15-9-4-10-16-21)20(18-11-5-2-6-12-18)19-13-7-3-8-14-19/h2-3,5-8,11-14,17,20H,4,9-10,15-16H2,1H3. The molecule has 21 heavy (non-hydrogen) atoms. The molecule has 1 unspecified atom stereocenters. The molecule has 0 aromatic heterocycles. The van der Waals surface area contributed by atoms with Gasteiger partial charge in [0.1, 0.15) is 0 Å². The van der Waals surface area contributed by atoms with Crippen LogP contribution in [0.4, 0.5) is 0 Å². The summed E-state index contributed by atoms with van der Waals surface area (Å²) in [4.78, 5) is 2.67. The van der Waals surface area contributed by atoms with Gasteiger partial charge in [-0.05, 0) is 44.0 Å². The van der Waals surface area contributed by atoms with E-state index in [4.69, 9.17) is 0 Å². The summed E-state index contributed by atoms with van der Waals surface area (Å²) in [5.74, 6) is 0.463. The first-order chi connectivity index (χ1) is 10.4. The molecule has 1 nitrogen and oxygen atoms in total. The second-order valence-corrected chi connectivity index (χ2v) is 6.14. The third-order valence-electron chi connectivity index (χ3n) is 4.77. The summed E-state index contributed by atoms with van der Waals surface area (Å²) in [7, 11) is 0. The zero-order chi connectivity index (χ0) is 14.5. The Kier molecular flexibility index (Phi) is 4.72. The monoisotopic (exact) mass is 279 g/mol. The number of hydrogen-bond acceptors (Lipinski definition) is 1. The molecule has 1 aliphatic rings. The maximum Gasteiger partial charge on any atom is 0.0243 e. The SMILES string of the molecule is CC(C(c1ccccc1)c1ccccc1)N1CCCCC1.